The number of benzene rings is 1. The van der Waals surface area contributed by atoms with Crippen molar-refractivity contribution in [3.05, 3.63) is 59.4 Å². The van der Waals surface area contributed by atoms with E-state index in [0.717, 1.165) is 11.8 Å². The van der Waals surface area contributed by atoms with E-state index in [0.29, 0.717) is 12.8 Å². The third-order valence-corrected chi connectivity index (χ3v) is 3.39. The molecule has 0 saturated heterocycles. The van der Waals surface area contributed by atoms with E-state index in [1.54, 1.807) is 6.20 Å². The number of aromatic nitrogens is 1. The topological polar surface area (TPSA) is 42.0 Å². The first-order chi connectivity index (χ1) is 10.9. The largest absolute Gasteiger partial charge is 0.416 e. The molecule has 0 aliphatic carbocycles. The summed E-state index contributed by atoms with van der Waals surface area (Å²) in [5.74, 6) is -0.307. The Labute approximate surface area is 132 Å². The van der Waals surface area contributed by atoms with Crippen LogP contribution in [0.15, 0.2) is 42.6 Å². The van der Waals surface area contributed by atoms with E-state index >= 15 is 0 Å². The molecule has 2 rings (SSSR count). The van der Waals surface area contributed by atoms with Crippen molar-refractivity contribution in [1.82, 2.24) is 4.98 Å². The van der Waals surface area contributed by atoms with Crippen molar-refractivity contribution in [2.24, 2.45) is 0 Å². The molecule has 0 aliphatic rings. The molecule has 0 spiro atoms. The average molecular weight is 322 g/mol. The zero-order valence-electron chi connectivity index (χ0n) is 12.7. The Hall–Kier alpha value is -2.37. The standard InChI is InChI=1S/C17H17F3N2O/c1-12-8-9-14(11-15(12)17(18,19)20)22-16(23)7-4-6-13-5-2-3-10-21-13/h2-3,5,8-11H,4,6-7H2,1H3,(H,22,23). The fourth-order valence-electron chi connectivity index (χ4n) is 2.20. The van der Waals surface area contributed by atoms with Crippen LogP contribution in [0, 0.1) is 6.92 Å². The highest BCUT2D eigenvalue weighted by Crippen LogP contribution is 2.33. The van der Waals surface area contributed by atoms with Gasteiger partial charge in [-0.3, -0.25) is 9.78 Å². The molecule has 1 amide bonds. The number of rotatable bonds is 5. The highest BCUT2D eigenvalue weighted by molar-refractivity contribution is 5.90. The normalized spacial score (nSPS) is 11.3. The number of nitrogens with one attached hydrogen (secondary N) is 1. The molecule has 3 nitrogen and oxygen atoms in total. The van der Waals surface area contributed by atoms with Gasteiger partial charge >= 0.3 is 6.18 Å². The summed E-state index contributed by atoms with van der Waals surface area (Å²) in [6.07, 6.45) is -1.28. The first-order valence-electron chi connectivity index (χ1n) is 7.24. The molecule has 0 saturated carbocycles. The highest BCUT2D eigenvalue weighted by Gasteiger charge is 2.32. The van der Waals surface area contributed by atoms with Gasteiger partial charge in [-0.05, 0) is 49.6 Å². The Bertz CT molecular complexity index is 669. The maximum atomic E-state index is 12.8. The molecule has 0 atom stereocenters. The van der Waals surface area contributed by atoms with Crippen molar-refractivity contribution in [2.45, 2.75) is 32.4 Å². The van der Waals surface area contributed by atoms with Crippen molar-refractivity contribution in [2.75, 3.05) is 5.32 Å². The van der Waals surface area contributed by atoms with Gasteiger partial charge in [-0.2, -0.15) is 13.2 Å². The minimum Gasteiger partial charge on any atom is -0.326 e. The lowest BCUT2D eigenvalue weighted by Crippen LogP contribution is -2.13. The molecule has 1 aromatic carbocycles. The Morgan fingerprint density at radius 3 is 2.65 bits per heavy atom. The number of hydrogen-bond acceptors (Lipinski definition) is 2. The summed E-state index contributed by atoms with van der Waals surface area (Å²) in [5.41, 5.74) is 0.440. The van der Waals surface area contributed by atoms with Crippen LogP contribution in [-0.4, -0.2) is 10.9 Å². The fraction of sp³-hybridized carbons (Fsp3) is 0.294. The molecule has 0 radical (unpaired) electrons. The third kappa shape index (κ3) is 5.09. The van der Waals surface area contributed by atoms with Gasteiger partial charge in [-0.15, -0.1) is 0 Å². The summed E-state index contributed by atoms with van der Waals surface area (Å²) in [6, 6.07) is 9.34. The first kappa shape index (κ1) is 17.0. The van der Waals surface area contributed by atoms with Gasteiger partial charge in [-0.25, -0.2) is 0 Å². The molecule has 0 aliphatic heterocycles. The monoisotopic (exact) mass is 322 g/mol. The first-order valence-corrected chi connectivity index (χ1v) is 7.24. The van der Waals surface area contributed by atoms with E-state index < -0.39 is 11.7 Å². The second-order valence-electron chi connectivity index (χ2n) is 5.25. The predicted octanol–water partition coefficient (Wildman–Crippen LogP) is 4.37. The van der Waals surface area contributed by atoms with E-state index in [1.165, 1.54) is 19.1 Å². The molecule has 23 heavy (non-hydrogen) atoms. The SMILES string of the molecule is Cc1ccc(NC(=O)CCCc2ccccn2)cc1C(F)(F)F. The Morgan fingerprint density at radius 1 is 1.22 bits per heavy atom. The molecule has 6 heteroatoms. The van der Waals surface area contributed by atoms with Crippen LogP contribution >= 0.6 is 0 Å². The van der Waals surface area contributed by atoms with Crippen molar-refractivity contribution in [3.8, 4) is 0 Å². The molecule has 1 heterocycles. The number of anilines is 1. The van der Waals surface area contributed by atoms with E-state index in [-0.39, 0.29) is 23.6 Å². The molecule has 0 bridgehead atoms. The molecule has 2 aromatic rings. The maximum Gasteiger partial charge on any atom is 0.416 e. The van der Waals surface area contributed by atoms with E-state index in [9.17, 15) is 18.0 Å². The number of hydrogen-bond donors (Lipinski definition) is 1. The molecule has 1 aromatic heterocycles. The van der Waals surface area contributed by atoms with Gasteiger partial charge in [0.05, 0.1) is 5.56 Å². The van der Waals surface area contributed by atoms with Gasteiger partial charge in [0, 0.05) is 24.0 Å². The van der Waals surface area contributed by atoms with E-state index in [2.05, 4.69) is 10.3 Å². The van der Waals surface area contributed by atoms with E-state index in [4.69, 9.17) is 0 Å². The van der Waals surface area contributed by atoms with Crippen LogP contribution in [0.2, 0.25) is 0 Å². The Balaban J connectivity index is 1.90. The number of nitrogens with zero attached hydrogens (tertiary/aromatic N) is 1. The van der Waals surface area contributed by atoms with Gasteiger partial charge < -0.3 is 5.32 Å². The quantitative estimate of drug-likeness (QED) is 0.888. The number of alkyl halides is 3. The minimum absolute atomic E-state index is 0.130. The lowest BCUT2D eigenvalue weighted by molar-refractivity contribution is -0.138. The lowest BCUT2D eigenvalue weighted by Gasteiger charge is -2.12. The second-order valence-corrected chi connectivity index (χ2v) is 5.25. The zero-order valence-corrected chi connectivity index (χ0v) is 12.7. The van der Waals surface area contributed by atoms with Crippen LogP contribution in [0.25, 0.3) is 0 Å². The average Bonchev–Trinajstić information content (AvgIpc) is 2.49. The summed E-state index contributed by atoms with van der Waals surface area (Å²) in [4.78, 5) is 16.0. The molecule has 0 fully saturated rings. The van der Waals surface area contributed by atoms with Crippen LogP contribution in [-0.2, 0) is 17.4 Å². The second kappa shape index (κ2) is 7.26. The number of aryl methyl sites for hydroxylation is 2. The number of carbonyl (C=O) groups excluding carboxylic acids is 1. The molecule has 1 N–H and O–H groups in total. The van der Waals surface area contributed by atoms with Gasteiger partial charge in [0.15, 0.2) is 0 Å². The smallest absolute Gasteiger partial charge is 0.326 e. The molecular weight excluding hydrogens is 305 g/mol. The minimum atomic E-state index is -4.43. The van der Waals surface area contributed by atoms with Crippen LogP contribution < -0.4 is 5.32 Å². The van der Waals surface area contributed by atoms with Crippen LogP contribution in [0.5, 0.6) is 0 Å². The number of halogens is 3. The lowest BCUT2D eigenvalue weighted by atomic mass is 10.1. The zero-order chi connectivity index (χ0) is 16.9. The van der Waals surface area contributed by atoms with Gasteiger partial charge in [0.2, 0.25) is 5.91 Å². The molecule has 0 unspecified atom stereocenters. The summed E-state index contributed by atoms with van der Waals surface area (Å²) >= 11 is 0. The summed E-state index contributed by atoms with van der Waals surface area (Å²) in [6.45, 7) is 1.39. The van der Waals surface area contributed by atoms with Crippen molar-refractivity contribution in [1.29, 1.82) is 0 Å². The predicted molar refractivity (Wildman–Crippen MR) is 82.0 cm³/mol. The Morgan fingerprint density at radius 2 is 2.00 bits per heavy atom. The Kier molecular flexibility index (Phi) is 5.36. The van der Waals surface area contributed by atoms with Gasteiger partial charge in [0.1, 0.15) is 0 Å². The van der Waals surface area contributed by atoms with Crippen LogP contribution in [0.4, 0.5) is 18.9 Å². The summed E-state index contributed by atoms with van der Waals surface area (Å²) in [7, 11) is 0. The van der Waals surface area contributed by atoms with Crippen molar-refractivity contribution < 1.29 is 18.0 Å². The van der Waals surface area contributed by atoms with Gasteiger partial charge in [0.25, 0.3) is 0 Å². The summed E-state index contributed by atoms with van der Waals surface area (Å²) in [5, 5.41) is 2.51. The number of carbonyl (C=O) groups is 1. The maximum absolute atomic E-state index is 12.8. The van der Waals surface area contributed by atoms with Crippen LogP contribution in [0.1, 0.15) is 29.7 Å². The third-order valence-electron chi connectivity index (χ3n) is 3.39. The van der Waals surface area contributed by atoms with Crippen molar-refractivity contribution in [3.63, 3.8) is 0 Å². The molecular formula is C17H17F3N2O. The van der Waals surface area contributed by atoms with E-state index in [1.807, 2.05) is 18.2 Å². The highest BCUT2D eigenvalue weighted by atomic mass is 19.4. The fourth-order valence-corrected chi connectivity index (χ4v) is 2.20. The number of amides is 1. The summed E-state index contributed by atoms with van der Waals surface area (Å²) < 4.78 is 38.5. The van der Waals surface area contributed by atoms with Crippen molar-refractivity contribution >= 4 is 11.6 Å². The van der Waals surface area contributed by atoms with Crippen LogP contribution in [0.3, 0.4) is 0 Å². The molecule has 122 valence electrons. The number of pyridine rings is 1. The van der Waals surface area contributed by atoms with Gasteiger partial charge in [-0.1, -0.05) is 12.1 Å².